The van der Waals surface area contributed by atoms with Gasteiger partial charge in [-0.3, -0.25) is 0 Å². The Morgan fingerprint density at radius 2 is 1.86 bits per heavy atom. The number of amides is 3. The molecule has 13 heteroatoms. The number of rotatable bonds is 12. The van der Waals surface area contributed by atoms with Crippen molar-refractivity contribution in [2.75, 3.05) is 31.0 Å². The smallest absolute Gasteiger partial charge is 0.407 e. The molecule has 0 aliphatic rings. The Kier molecular flexibility index (Phi) is 9.44. The van der Waals surface area contributed by atoms with E-state index in [0.29, 0.717) is 41.3 Å². The van der Waals surface area contributed by atoms with Crippen molar-refractivity contribution >= 4 is 23.5 Å². The number of ether oxygens (including phenoxy) is 2. The van der Waals surface area contributed by atoms with Gasteiger partial charge in [0.15, 0.2) is 12.2 Å². The van der Waals surface area contributed by atoms with Crippen molar-refractivity contribution in [3.63, 3.8) is 0 Å². The molecular formula is C23H25N5O8. The van der Waals surface area contributed by atoms with Gasteiger partial charge in [0.25, 0.3) is 5.09 Å². The lowest BCUT2D eigenvalue weighted by atomic mass is 10.1. The third kappa shape index (κ3) is 8.20. The van der Waals surface area contributed by atoms with Gasteiger partial charge in [0.2, 0.25) is 0 Å². The number of hydrogen-bond donors (Lipinski definition) is 3. The summed E-state index contributed by atoms with van der Waals surface area (Å²) in [5, 5.41) is 17.3. The molecule has 0 atom stereocenters. The van der Waals surface area contributed by atoms with Gasteiger partial charge in [-0.1, -0.05) is 12.1 Å². The van der Waals surface area contributed by atoms with Crippen LogP contribution in [0.25, 0.3) is 11.3 Å². The number of carbonyl (C=O) groups is 2. The lowest BCUT2D eigenvalue weighted by molar-refractivity contribution is -0.757. The summed E-state index contributed by atoms with van der Waals surface area (Å²) in [5.41, 5.74) is 2.47. The van der Waals surface area contributed by atoms with E-state index < -0.39 is 17.2 Å². The number of unbranched alkanes of at least 4 members (excludes halogenated alkanes) is 1. The van der Waals surface area contributed by atoms with Crippen LogP contribution in [0.1, 0.15) is 18.4 Å². The van der Waals surface area contributed by atoms with Gasteiger partial charge in [-0.15, -0.1) is 10.1 Å². The standard InChI is InChI=1S/C23H25N5O8/c1-33-20-12-18(7-8-19(20)21-14-24-15-35-21)27-22(29)26-17-6-4-5-16(11-17)13-25-23(30)34-9-2-3-10-36-28(31)32/h4-8,11-12,14-15H,2-3,9-10,13H2,1H3,(H,25,30)(H2,26,27,29). The van der Waals surface area contributed by atoms with E-state index in [-0.39, 0.29) is 19.8 Å². The number of oxazole rings is 1. The summed E-state index contributed by atoms with van der Waals surface area (Å²) in [4.78, 5) is 42.4. The first-order valence-corrected chi connectivity index (χ1v) is 10.9. The van der Waals surface area contributed by atoms with Crippen molar-refractivity contribution in [2.24, 2.45) is 0 Å². The summed E-state index contributed by atoms with van der Waals surface area (Å²) < 4.78 is 15.7. The molecule has 3 rings (SSSR count). The van der Waals surface area contributed by atoms with Gasteiger partial charge in [-0.25, -0.2) is 14.6 Å². The molecular weight excluding hydrogens is 474 g/mol. The topological polar surface area (TPSA) is 167 Å². The molecule has 0 saturated carbocycles. The number of urea groups is 1. The first-order chi connectivity index (χ1) is 17.4. The maximum atomic E-state index is 12.5. The molecule has 2 aromatic carbocycles. The Bertz CT molecular complexity index is 1170. The van der Waals surface area contributed by atoms with Crippen molar-refractivity contribution in [1.82, 2.24) is 10.3 Å². The van der Waals surface area contributed by atoms with Gasteiger partial charge < -0.3 is 34.7 Å². The summed E-state index contributed by atoms with van der Waals surface area (Å²) >= 11 is 0. The van der Waals surface area contributed by atoms with Crippen LogP contribution < -0.4 is 20.7 Å². The van der Waals surface area contributed by atoms with Crippen LogP contribution in [0.3, 0.4) is 0 Å². The highest BCUT2D eigenvalue weighted by molar-refractivity contribution is 6.00. The molecule has 36 heavy (non-hydrogen) atoms. The molecule has 3 aromatic rings. The molecule has 190 valence electrons. The Balaban J connectivity index is 1.45. The van der Waals surface area contributed by atoms with Gasteiger partial charge in [0.05, 0.1) is 32.1 Å². The molecule has 1 aromatic heterocycles. The molecule has 0 fully saturated rings. The van der Waals surface area contributed by atoms with E-state index in [4.69, 9.17) is 13.9 Å². The van der Waals surface area contributed by atoms with E-state index >= 15 is 0 Å². The van der Waals surface area contributed by atoms with E-state index in [9.17, 15) is 19.7 Å². The first-order valence-electron chi connectivity index (χ1n) is 10.9. The first kappa shape index (κ1) is 25.8. The fourth-order valence-electron chi connectivity index (χ4n) is 3.11. The van der Waals surface area contributed by atoms with Crippen LogP contribution in [-0.2, 0) is 16.1 Å². The van der Waals surface area contributed by atoms with Gasteiger partial charge in [0, 0.05) is 24.0 Å². The average molecular weight is 499 g/mol. The second kappa shape index (κ2) is 13.2. The van der Waals surface area contributed by atoms with Gasteiger partial charge >= 0.3 is 12.1 Å². The van der Waals surface area contributed by atoms with Crippen LogP contribution in [0, 0.1) is 10.1 Å². The second-order valence-corrected chi connectivity index (χ2v) is 7.31. The number of benzene rings is 2. The fraction of sp³-hybridized carbons (Fsp3) is 0.261. The highest BCUT2D eigenvalue weighted by Gasteiger charge is 2.12. The number of nitrogens with one attached hydrogen (secondary N) is 3. The number of nitrogens with zero attached hydrogens (tertiary/aromatic N) is 2. The van der Waals surface area contributed by atoms with Crippen LogP contribution in [-0.4, -0.2) is 42.5 Å². The second-order valence-electron chi connectivity index (χ2n) is 7.31. The predicted molar refractivity (Wildman–Crippen MR) is 128 cm³/mol. The monoisotopic (exact) mass is 499 g/mol. The zero-order valence-corrected chi connectivity index (χ0v) is 19.4. The number of aromatic nitrogens is 1. The molecule has 0 unspecified atom stereocenters. The van der Waals surface area contributed by atoms with Crippen LogP contribution >= 0.6 is 0 Å². The molecule has 0 aliphatic carbocycles. The molecule has 3 amide bonds. The van der Waals surface area contributed by atoms with E-state index in [0.717, 1.165) is 5.56 Å². The molecule has 0 radical (unpaired) electrons. The third-order valence-electron chi connectivity index (χ3n) is 4.75. The number of anilines is 2. The van der Waals surface area contributed by atoms with Crippen LogP contribution in [0.5, 0.6) is 5.75 Å². The van der Waals surface area contributed by atoms with Crippen LogP contribution in [0.15, 0.2) is 59.5 Å². The molecule has 0 bridgehead atoms. The van der Waals surface area contributed by atoms with Crippen molar-refractivity contribution in [3.8, 4) is 17.1 Å². The number of methoxy groups -OCH3 is 1. The summed E-state index contributed by atoms with van der Waals surface area (Å²) in [6.07, 6.45) is 3.09. The highest BCUT2D eigenvalue weighted by Crippen LogP contribution is 2.32. The van der Waals surface area contributed by atoms with E-state index in [1.165, 1.54) is 13.5 Å². The fourth-order valence-corrected chi connectivity index (χ4v) is 3.11. The summed E-state index contributed by atoms with van der Waals surface area (Å²) in [6.45, 7) is 0.242. The minimum Gasteiger partial charge on any atom is -0.496 e. The van der Waals surface area contributed by atoms with Crippen molar-refractivity contribution < 1.29 is 33.4 Å². The molecule has 13 nitrogen and oxygen atoms in total. The average Bonchev–Trinajstić information content (AvgIpc) is 3.39. The Morgan fingerprint density at radius 3 is 2.58 bits per heavy atom. The van der Waals surface area contributed by atoms with Gasteiger partial charge in [-0.05, 0) is 42.7 Å². The van der Waals surface area contributed by atoms with Gasteiger partial charge in [0.1, 0.15) is 5.75 Å². The zero-order chi connectivity index (χ0) is 25.8. The molecule has 0 aliphatic heterocycles. The summed E-state index contributed by atoms with van der Waals surface area (Å²) in [6, 6.07) is 11.6. The molecule has 0 spiro atoms. The third-order valence-corrected chi connectivity index (χ3v) is 4.75. The largest absolute Gasteiger partial charge is 0.496 e. The molecule has 0 saturated heterocycles. The normalized spacial score (nSPS) is 10.2. The maximum Gasteiger partial charge on any atom is 0.407 e. The lowest BCUT2D eigenvalue weighted by Gasteiger charge is -2.12. The van der Waals surface area contributed by atoms with E-state index in [1.54, 1.807) is 48.7 Å². The van der Waals surface area contributed by atoms with Crippen molar-refractivity contribution in [2.45, 2.75) is 19.4 Å². The van der Waals surface area contributed by atoms with E-state index in [2.05, 4.69) is 25.8 Å². The highest BCUT2D eigenvalue weighted by atomic mass is 16.9. The van der Waals surface area contributed by atoms with E-state index in [1.807, 2.05) is 0 Å². The van der Waals surface area contributed by atoms with Crippen molar-refractivity contribution in [1.29, 1.82) is 0 Å². The number of hydrogen-bond acceptors (Lipinski definition) is 9. The Morgan fingerprint density at radius 1 is 1.08 bits per heavy atom. The van der Waals surface area contributed by atoms with Crippen LogP contribution in [0.2, 0.25) is 0 Å². The predicted octanol–water partition coefficient (Wildman–Crippen LogP) is 4.21. The van der Waals surface area contributed by atoms with Crippen molar-refractivity contribution in [3.05, 3.63) is 70.7 Å². The molecule has 1 heterocycles. The number of alkyl carbamates (subject to hydrolysis) is 1. The Labute approximate surface area is 205 Å². The minimum atomic E-state index is -0.866. The van der Waals surface area contributed by atoms with Gasteiger partial charge in [-0.2, -0.15) is 0 Å². The lowest BCUT2D eigenvalue weighted by Crippen LogP contribution is -2.24. The Hall–Kier alpha value is -4.81. The quantitative estimate of drug-likeness (QED) is 0.188. The van der Waals surface area contributed by atoms with Crippen LogP contribution in [0.4, 0.5) is 21.0 Å². The zero-order valence-electron chi connectivity index (χ0n) is 19.4. The molecule has 3 N–H and O–H groups in total. The number of carbonyl (C=O) groups excluding carboxylic acids is 2. The maximum absolute atomic E-state index is 12.5. The summed E-state index contributed by atoms with van der Waals surface area (Å²) in [5.74, 6) is 1.05. The minimum absolute atomic E-state index is 0.0487. The summed E-state index contributed by atoms with van der Waals surface area (Å²) in [7, 11) is 1.52. The SMILES string of the molecule is COc1cc(NC(=O)Nc2cccc(CNC(=O)OCCCCO[N+](=O)[O-])c2)ccc1-c1cnco1.